The molecule has 1 aliphatic heterocycles. The number of nitrogens with one attached hydrogen (secondary N) is 1. The molecule has 1 aliphatic rings. The van der Waals surface area contributed by atoms with Gasteiger partial charge in [-0.1, -0.05) is 39.0 Å². The Kier molecular flexibility index (Phi) is 7.52. The number of ether oxygens (including phenoxy) is 1. The lowest BCUT2D eigenvalue weighted by atomic mass is 9.85. The number of carbonyl (C=O) groups excluding carboxylic acids is 2. The predicted octanol–water partition coefficient (Wildman–Crippen LogP) is 5.90. The number of amides is 2. The molecule has 0 saturated heterocycles. The van der Waals surface area contributed by atoms with Crippen molar-refractivity contribution in [3.8, 4) is 5.75 Å². The van der Waals surface area contributed by atoms with Gasteiger partial charge in [-0.3, -0.25) is 9.59 Å². The van der Waals surface area contributed by atoms with E-state index in [2.05, 4.69) is 10.3 Å². The third-order valence-electron chi connectivity index (χ3n) is 6.56. The van der Waals surface area contributed by atoms with E-state index in [1.807, 2.05) is 49.9 Å². The van der Waals surface area contributed by atoms with E-state index in [9.17, 15) is 14.0 Å². The van der Waals surface area contributed by atoms with Crippen LogP contribution in [0.4, 0.5) is 4.39 Å². The minimum Gasteiger partial charge on any atom is -0.486 e. The van der Waals surface area contributed by atoms with E-state index in [0.29, 0.717) is 35.2 Å². The molecule has 0 radical (unpaired) electrons. The summed E-state index contributed by atoms with van der Waals surface area (Å²) < 4.78 is 25.6. The van der Waals surface area contributed by atoms with Crippen molar-refractivity contribution in [1.82, 2.24) is 15.2 Å². The summed E-state index contributed by atoms with van der Waals surface area (Å²) >= 11 is 1.34. The van der Waals surface area contributed by atoms with Crippen molar-refractivity contribution >= 4 is 23.2 Å². The first-order chi connectivity index (χ1) is 18.7. The average Bonchev–Trinajstić information content (AvgIpc) is 3.61. The maximum atomic E-state index is 14.3. The van der Waals surface area contributed by atoms with Crippen molar-refractivity contribution in [2.45, 2.75) is 46.4 Å². The van der Waals surface area contributed by atoms with Gasteiger partial charge in [0, 0.05) is 17.3 Å². The number of rotatable bonds is 7. The highest BCUT2D eigenvalue weighted by atomic mass is 32.1. The predicted molar refractivity (Wildman–Crippen MR) is 146 cm³/mol. The van der Waals surface area contributed by atoms with Crippen LogP contribution in [0.25, 0.3) is 0 Å². The molecular formula is C30H30FN3O4S. The van der Waals surface area contributed by atoms with Gasteiger partial charge < -0.3 is 19.4 Å². The fourth-order valence-corrected chi connectivity index (χ4v) is 5.35. The summed E-state index contributed by atoms with van der Waals surface area (Å²) in [7, 11) is 0. The van der Waals surface area contributed by atoms with Crippen molar-refractivity contribution in [3.63, 3.8) is 0 Å². The maximum absolute atomic E-state index is 14.3. The Bertz CT molecular complexity index is 1480. The number of nitrogens with zero attached hydrogens (tertiary/aromatic N) is 2. The molecular weight excluding hydrogens is 517 g/mol. The van der Waals surface area contributed by atoms with Crippen LogP contribution in [0.15, 0.2) is 70.7 Å². The normalized spacial score (nSPS) is 15.1. The molecule has 9 heteroatoms. The van der Waals surface area contributed by atoms with E-state index < -0.39 is 11.5 Å². The summed E-state index contributed by atoms with van der Waals surface area (Å²) in [6.07, 6.45) is 2.26. The second kappa shape index (κ2) is 11.0. The number of thiazole rings is 1. The van der Waals surface area contributed by atoms with Gasteiger partial charge in [-0.2, -0.15) is 0 Å². The fourth-order valence-electron chi connectivity index (χ4n) is 4.67. The maximum Gasteiger partial charge on any atom is 0.271 e. The van der Waals surface area contributed by atoms with E-state index in [4.69, 9.17) is 9.15 Å². The molecule has 3 heterocycles. The lowest BCUT2D eigenvalue weighted by molar-refractivity contribution is -0.141. The van der Waals surface area contributed by atoms with Crippen molar-refractivity contribution in [3.05, 3.63) is 105 Å². The molecule has 2 aromatic heterocycles. The Hall–Kier alpha value is -3.98. The molecule has 0 fully saturated rings. The van der Waals surface area contributed by atoms with Gasteiger partial charge in [0.25, 0.3) is 5.91 Å². The summed E-state index contributed by atoms with van der Waals surface area (Å²) in [5.41, 5.74) is 2.47. The highest BCUT2D eigenvalue weighted by Crippen LogP contribution is 2.39. The number of aromatic nitrogens is 1. The van der Waals surface area contributed by atoms with Crippen LogP contribution in [0, 0.1) is 11.2 Å². The van der Waals surface area contributed by atoms with E-state index in [0.717, 1.165) is 16.7 Å². The first-order valence-electron chi connectivity index (χ1n) is 12.8. The molecule has 39 heavy (non-hydrogen) atoms. The summed E-state index contributed by atoms with van der Waals surface area (Å²) in [4.78, 5) is 32.1. The Morgan fingerprint density at radius 2 is 2.03 bits per heavy atom. The van der Waals surface area contributed by atoms with Gasteiger partial charge in [0.15, 0.2) is 0 Å². The smallest absolute Gasteiger partial charge is 0.271 e. The minimum atomic E-state index is -0.579. The molecule has 202 valence electrons. The topological polar surface area (TPSA) is 84.7 Å². The van der Waals surface area contributed by atoms with Gasteiger partial charge >= 0.3 is 0 Å². The fraction of sp³-hybridized carbons (Fsp3) is 0.300. The Balaban J connectivity index is 1.34. The molecule has 0 saturated carbocycles. The summed E-state index contributed by atoms with van der Waals surface area (Å²) in [6, 6.07) is 15.4. The van der Waals surface area contributed by atoms with E-state index >= 15 is 0 Å². The van der Waals surface area contributed by atoms with Crippen LogP contribution in [-0.2, 0) is 24.4 Å². The second-order valence-corrected chi connectivity index (χ2v) is 11.4. The molecule has 2 amide bonds. The van der Waals surface area contributed by atoms with Crippen LogP contribution < -0.4 is 10.1 Å². The van der Waals surface area contributed by atoms with Gasteiger partial charge in [-0.25, -0.2) is 9.37 Å². The van der Waals surface area contributed by atoms with Crippen molar-refractivity contribution in [2.75, 3.05) is 6.54 Å². The number of hydrogen-bond donors (Lipinski definition) is 1. The molecule has 1 unspecified atom stereocenters. The summed E-state index contributed by atoms with van der Waals surface area (Å²) in [6.45, 7) is 6.70. The number of benzene rings is 2. The molecule has 2 aromatic carbocycles. The number of hydrogen-bond acceptors (Lipinski definition) is 6. The Labute approximate surface area is 230 Å². The molecule has 1 atom stereocenters. The van der Waals surface area contributed by atoms with Crippen LogP contribution in [0.5, 0.6) is 5.75 Å². The molecule has 0 bridgehead atoms. The molecule has 7 nitrogen and oxygen atoms in total. The van der Waals surface area contributed by atoms with Crippen LogP contribution in [0.3, 0.4) is 0 Å². The number of halogens is 1. The van der Waals surface area contributed by atoms with Crippen molar-refractivity contribution in [2.24, 2.45) is 5.41 Å². The van der Waals surface area contributed by atoms with Crippen LogP contribution in [0.1, 0.15) is 64.8 Å². The lowest BCUT2D eigenvalue weighted by Gasteiger charge is -2.41. The molecule has 0 spiro atoms. The van der Waals surface area contributed by atoms with Crippen LogP contribution in [-0.4, -0.2) is 28.2 Å². The van der Waals surface area contributed by atoms with Crippen molar-refractivity contribution < 1.29 is 23.1 Å². The zero-order chi connectivity index (χ0) is 27.6. The van der Waals surface area contributed by atoms with Crippen LogP contribution >= 0.6 is 11.3 Å². The largest absolute Gasteiger partial charge is 0.486 e. The van der Waals surface area contributed by atoms with Crippen molar-refractivity contribution in [1.29, 1.82) is 0 Å². The van der Waals surface area contributed by atoms with Gasteiger partial charge in [0.05, 0.1) is 18.8 Å². The van der Waals surface area contributed by atoms with Crippen LogP contribution in [0.2, 0.25) is 0 Å². The standard InChI is InChI=1S/C30H30FN3O4S/c1-30(2,3)29(36)34-12-11-19-9-10-22(15-24(19)27(34)20-6-4-7-21(31)14-20)38-17-26-33-25(18-39-26)28(35)32-16-23-8-5-13-37-23/h4-10,13-15,18,27H,11-12,16-17H2,1-3H3,(H,32,35). The number of furan rings is 1. The molecule has 4 aromatic rings. The number of carbonyl (C=O) groups is 2. The van der Waals surface area contributed by atoms with Gasteiger partial charge in [0.1, 0.15) is 34.6 Å². The quantitative estimate of drug-likeness (QED) is 0.311. The third kappa shape index (κ3) is 6.04. The zero-order valence-corrected chi connectivity index (χ0v) is 22.9. The highest BCUT2D eigenvalue weighted by molar-refractivity contribution is 7.09. The molecule has 0 aliphatic carbocycles. The SMILES string of the molecule is CC(C)(C)C(=O)N1CCc2ccc(OCc3nc(C(=O)NCc4ccco4)cs3)cc2C1c1cccc(F)c1. The third-order valence-corrected chi connectivity index (χ3v) is 7.38. The first-order valence-corrected chi connectivity index (χ1v) is 13.6. The summed E-state index contributed by atoms with van der Waals surface area (Å²) in [5.74, 6) is 0.648. The second-order valence-electron chi connectivity index (χ2n) is 10.5. The molecule has 5 rings (SSSR count). The summed E-state index contributed by atoms with van der Waals surface area (Å²) in [5, 5.41) is 5.13. The highest BCUT2D eigenvalue weighted by Gasteiger charge is 2.37. The lowest BCUT2D eigenvalue weighted by Crippen LogP contribution is -2.45. The van der Waals surface area contributed by atoms with Gasteiger partial charge in [-0.15, -0.1) is 11.3 Å². The van der Waals surface area contributed by atoms with E-state index in [-0.39, 0.29) is 30.8 Å². The Morgan fingerprint density at radius 1 is 1.18 bits per heavy atom. The Morgan fingerprint density at radius 3 is 2.77 bits per heavy atom. The first kappa shape index (κ1) is 26.6. The van der Waals surface area contributed by atoms with Gasteiger partial charge in [0.2, 0.25) is 5.91 Å². The monoisotopic (exact) mass is 547 g/mol. The van der Waals surface area contributed by atoms with Gasteiger partial charge in [-0.05, 0) is 59.5 Å². The molecule has 1 N–H and O–H groups in total. The van der Waals surface area contributed by atoms with E-state index in [1.54, 1.807) is 29.8 Å². The number of fused-ring (bicyclic) bond motifs is 1. The van der Waals surface area contributed by atoms with E-state index in [1.165, 1.54) is 23.5 Å². The average molecular weight is 548 g/mol. The zero-order valence-electron chi connectivity index (χ0n) is 22.1. The minimum absolute atomic E-state index is 0.00868.